The number of nitrogens with one attached hydrogen (secondary N) is 1. The Morgan fingerprint density at radius 3 is 2.69 bits per heavy atom. The van der Waals surface area contributed by atoms with Gasteiger partial charge in [0.1, 0.15) is 0 Å². The second-order valence-electron chi connectivity index (χ2n) is 4.08. The average Bonchev–Trinajstić information content (AvgIpc) is 2.86. The third kappa shape index (κ3) is 3.88. The molecule has 0 amide bonds. The Morgan fingerprint density at radius 2 is 2.23 bits per heavy atom. The van der Waals surface area contributed by atoms with Gasteiger partial charge in [-0.05, 0) is 31.6 Å². The Kier molecular flexibility index (Phi) is 4.56. The van der Waals surface area contributed by atoms with Gasteiger partial charge in [-0.15, -0.1) is 0 Å². The molecule has 0 aliphatic heterocycles. The van der Waals surface area contributed by atoms with Gasteiger partial charge < -0.3 is 10.1 Å². The first-order valence-corrected chi connectivity index (χ1v) is 6.20. The number of thioether (sulfide) groups is 1. The molecular weight excluding hydrogens is 182 g/mol. The Balaban J connectivity index is 2.00. The summed E-state index contributed by atoms with van der Waals surface area (Å²) in [6, 6.07) is 0. The van der Waals surface area contributed by atoms with Crippen LogP contribution in [0, 0.1) is 5.92 Å². The zero-order valence-corrected chi connectivity index (χ0v) is 9.75. The molecule has 1 fully saturated rings. The highest BCUT2D eigenvalue weighted by molar-refractivity contribution is 8.00. The molecule has 0 spiro atoms. The van der Waals surface area contributed by atoms with Crippen molar-refractivity contribution in [3.8, 4) is 0 Å². The van der Waals surface area contributed by atoms with E-state index in [1.54, 1.807) is 7.11 Å². The van der Waals surface area contributed by atoms with E-state index in [-0.39, 0.29) is 0 Å². The van der Waals surface area contributed by atoms with Crippen molar-refractivity contribution in [3.05, 3.63) is 0 Å². The van der Waals surface area contributed by atoms with E-state index in [9.17, 15) is 0 Å². The molecule has 0 aromatic rings. The summed E-state index contributed by atoms with van der Waals surface area (Å²) >= 11 is 2.01. The van der Waals surface area contributed by atoms with E-state index in [0.717, 1.165) is 13.2 Å². The van der Waals surface area contributed by atoms with Crippen LogP contribution in [0.1, 0.15) is 19.8 Å². The topological polar surface area (TPSA) is 21.3 Å². The van der Waals surface area contributed by atoms with Gasteiger partial charge in [0.25, 0.3) is 0 Å². The fourth-order valence-electron chi connectivity index (χ4n) is 1.48. The van der Waals surface area contributed by atoms with Crippen LogP contribution >= 0.6 is 11.8 Å². The first-order chi connectivity index (χ1) is 6.22. The summed E-state index contributed by atoms with van der Waals surface area (Å²) in [6.07, 6.45) is 4.99. The Morgan fingerprint density at radius 1 is 1.54 bits per heavy atom. The highest BCUT2D eigenvalue weighted by Gasteiger charge is 2.41. The van der Waals surface area contributed by atoms with Crippen LogP contribution in [0.4, 0.5) is 0 Å². The van der Waals surface area contributed by atoms with Crippen LogP contribution in [0.3, 0.4) is 0 Å². The molecule has 1 unspecified atom stereocenters. The Bertz CT molecular complexity index is 148. The lowest BCUT2D eigenvalue weighted by molar-refractivity contribution is 0.158. The van der Waals surface area contributed by atoms with Gasteiger partial charge in [0.2, 0.25) is 0 Å². The Hall–Kier alpha value is 0.270. The second-order valence-corrected chi connectivity index (χ2v) is 5.35. The van der Waals surface area contributed by atoms with Gasteiger partial charge >= 0.3 is 0 Å². The van der Waals surface area contributed by atoms with Crippen LogP contribution in [0.15, 0.2) is 0 Å². The molecule has 0 heterocycles. The normalized spacial score (nSPS) is 21.5. The fraction of sp³-hybridized carbons (Fsp3) is 1.00. The number of hydrogen-bond donors (Lipinski definition) is 1. The van der Waals surface area contributed by atoms with Gasteiger partial charge in [0.15, 0.2) is 0 Å². The zero-order chi connectivity index (χ0) is 9.73. The molecule has 2 nitrogen and oxygen atoms in total. The van der Waals surface area contributed by atoms with Crippen LogP contribution in [0.2, 0.25) is 0 Å². The molecule has 1 aliphatic rings. The lowest BCUT2D eigenvalue weighted by Crippen LogP contribution is -2.31. The summed E-state index contributed by atoms with van der Waals surface area (Å²) in [5.74, 6) is 0.627. The predicted molar refractivity (Wildman–Crippen MR) is 59.4 cm³/mol. The lowest BCUT2D eigenvalue weighted by Gasteiger charge is -2.15. The van der Waals surface area contributed by atoms with E-state index in [0.29, 0.717) is 10.7 Å². The monoisotopic (exact) mass is 203 g/mol. The first-order valence-electron chi connectivity index (χ1n) is 4.97. The van der Waals surface area contributed by atoms with Crippen LogP contribution in [-0.2, 0) is 4.74 Å². The fourth-order valence-corrected chi connectivity index (χ4v) is 2.24. The van der Waals surface area contributed by atoms with Crippen molar-refractivity contribution >= 4 is 11.8 Å². The summed E-state index contributed by atoms with van der Waals surface area (Å²) in [5, 5.41) is 3.52. The molecule has 0 radical (unpaired) electrons. The van der Waals surface area contributed by atoms with E-state index in [4.69, 9.17) is 4.74 Å². The maximum atomic E-state index is 5.08. The number of rotatable bonds is 7. The molecule has 3 heteroatoms. The number of methoxy groups -OCH3 is 1. The maximum Gasteiger partial charge on any atom is 0.0499 e. The molecule has 13 heavy (non-hydrogen) atoms. The minimum absolute atomic E-state index is 0.590. The summed E-state index contributed by atoms with van der Waals surface area (Å²) in [4.78, 5) is 0. The SMILES string of the molecule is COCC(C)CNCC1(SC)CC1. The van der Waals surface area contributed by atoms with Gasteiger partial charge in [0.05, 0.1) is 0 Å². The summed E-state index contributed by atoms with van der Waals surface area (Å²) < 4.78 is 5.67. The van der Waals surface area contributed by atoms with Gasteiger partial charge in [-0.3, -0.25) is 0 Å². The Labute approximate surface area is 85.8 Å². The lowest BCUT2D eigenvalue weighted by atomic mass is 10.2. The van der Waals surface area contributed by atoms with Crippen molar-refractivity contribution in [1.82, 2.24) is 5.32 Å². The van der Waals surface area contributed by atoms with Crippen LogP contribution in [0.25, 0.3) is 0 Å². The molecule has 0 bridgehead atoms. The van der Waals surface area contributed by atoms with Crippen molar-refractivity contribution in [2.24, 2.45) is 5.92 Å². The van der Waals surface area contributed by atoms with Crippen molar-refractivity contribution < 1.29 is 4.74 Å². The summed E-state index contributed by atoms with van der Waals surface area (Å²) in [5.41, 5.74) is 0. The number of hydrogen-bond acceptors (Lipinski definition) is 3. The molecule has 1 atom stereocenters. The minimum Gasteiger partial charge on any atom is -0.384 e. The number of ether oxygens (including phenoxy) is 1. The minimum atomic E-state index is 0.590. The van der Waals surface area contributed by atoms with E-state index >= 15 is 0 Å². The maximum absolute atomic E-state index is 5.08. The third-order valence-electron chi connectivity index (χ3n) is 2.63. The molecule has 0 saturated heterocycles. The van der Waals surface area contributed by atoms with Crippen molar-refractivity contribution in [2.45, 2.75) is 24.5 Å². The average molecular weight is 203 g/mol. The highest BCUT2D eigenvalue weighted by Crippen LogP contribution is 2.46. The van der Waals surface area contributed by atoms with Crippen molar-refractivity contribution in [2.75, 3.05) is 33.1 Å². The largest absolute Gasteiger partial charge is 0.384 e. The molecule has 1 saturated carbocycles. The molecule has 1 aliphatic carbocycles. The van der Waals surface area contributed by atoms with Crippen LogP contribution in [-0.4, -0.2) is 37.8 Å². The van der Waals surface area contributed by atoms with Gasteiger partial charge in [-0.1, -0.05) is 6.92 Å². The zero-order valence-electron chi connectivity index (χ0n) is 8.93. The smallest absolute Gasteiger partial charge is 0.0499 e. The van der Waals surface area contributed by atoms with Gasteiger partial charge in [-0.2, -0.15) is 11.8 Å². The molecular formula is C10H21NOS. The van der Waals surface area contributed by atoms with E-state index in [2.05, 4.69) is 18.5 Å². The molecule has 0 aromatic carbocycles. The second kappa shape index (κ2) is 5.23. The molecule has 1 rings (SSSR count). The first kappa shape index (κ1) is 11.3. The van der Waals surface area contributed by atoms with Crippen LogP contribution < -0.4 is 5.32 Å². The molecule has 78 valence electrons. The summed E-state index contributed by atoms with van der Waals surface area (Å²) in [7, 11) is 1.76. The van der Waals surface area contributed by atoms with Crippen molar-refractivity contribution in [3.63, 3.8) is 0 Å². The van der Waals surface area contributed by atoms with E-state index < -0.39 is 0 Å². The van der Waals surface area contributed by atoms with Gasteiger partial charge in [0, 0.05) is 25.0 Å². The van der Waals surface area contributed by atoms with Gasteiger partial charge in [-0.25, -0.2) is 0 Å². The molecule has 0 aromatic heterocycles. The van der Waals surface area contributed by atoms with Crippen molar-refractivity contribution in [1.29, 1.82) is 0 Å². The predicted octanol–water partition coefficient (Wildman–Crippen LogP) is 1.75. The quantitative estimate of drug-likeness (QED) is 0.681. The van der Waals surface area contributed by atoms with Crippen LogP contribution in [0.5, 0.6) is 0 Å². The van der Waals surface area contributed by atoms with E-state index in [1.807, 2.05) is 11.8 Å². The van der Waals surface area contributed by atoms with E-state index in [1.165, 1.54) is 19.4 Å². The highest BCUT2D eigenvalue weighted by atomic mass is 32.2. The third-order valence-corrected chi connectivity index (χ3v) is 4.05. The summed E-state index contributed by atoms with van der Waals surface area (Å²) in [6.45, 7) is 5.33. The standard InChI is InChI=1S/C10H21NOS/c1-9(7-12-2)6-11-8-10(13-3)4-5-10/h9,11H,4-8H2,1-3H3. The molecule has 1 N–H and O–H groups in total.